The number of anilines is 1. The highest BCUT2D eigenvalue weighted by Crippen LogP contribution is 2.30. The van der Waals surface area contributed by atoms with Crippen LogP contribution >= 0.6 is 0 Å². The van der Waals surface area contributed by atoms with Gasteiger partial charge in [-0.25, -0.2) is 4.39 Å². The summed E-state index contributed by atoms with van der Waals surface area (Å²) in [4.78, 5) is 12.5. The highest BCUT2D eigenvalue weighted by molar-refractivity contribution is 5.54. The van der Waals surface area contributed by atoms with Crippen LogP contribution in [0.4, 0.5) is 15.8 Å². The van der Waals surface area contributed by atoms with Crippen LogP contribution in [0.3, 0.4) is 0 Å². The Morgan fingerprint density at radius 2 is 2.00 bits per heavy atom. The van der Waals surface area contributed by atoms with E-state index in [2.05, 4.69) is 11.8 Å². The van der Waals surface area contributed by atoms with Crippen molar-refractivity contribution in [3.63, 3.8) is 0 Å². The van der Waals surface area contributed by atoms with Crippen LogP contribution in [0.5, 0.6) is 0 Å². The molecule has 116 valence electrons. The van der Waals surface area contributed by atoms with E-state index in [4.69, 9.17) is 5.73 Å². The lowest BCUT2D eigenvalue weighted by Crippen LogP contribution is -2.41. The van der Waals surface area contributed by atoms with E-state index >= 15 is 0 Å². The second-order valence-corrected chi connectivity index (χ2v) is 5.69. The fraction of sp³-hybridized carbons (Fsp3) is 0.600. The lowest BCUT2D eigenvalue weighted by molar-refractivity contribution is -0.385. The summed E-state index contributed by atoms with van der Waals surface area (Å²) < 4.78 is 13.7. The van der Waals surface area contributed by atoms with Crippen molar-refractivity contribution < 1.29 is 9.31 Å². The fourth-order valence-corrected chi connectivity index (χ4v) is 3.01. The summed E-state index contributed by atoms with van der Waals surface area (Å²) in [6, 6.07) is 4.34. The maximum Gasteiger partial charge on any atom is 0.274 e. The van der Waals surface area contributed by atoms with Gasteiger partial charge in [-0.15, -0.1) is 0 Å². The highest BCUT2D eigenvalue weighted by atomic mass is 19.1. The second-order valence-electron chi connectivity index (χ2n) is 5.69. The molecule has 1 aliphatic carbocycles. The molecule has 0 saturated heterocycles. The molecule has 0 spiro atoms. The Balaban J connectivity index is 2.27. The minimum Gasteiger partial charge on any atom is -0.368 e. The molecule has 5 nitrogen and oxygen atoms in total. The van der Waals surface area contributed by atoms with Gasteiger partial charge in [-0.1, -0.05) is 6.92 Å². The maximum atomic E-state index is 13.7. The summed E-state index contributed by atoms with van der Waals surface area (Å²) in [5.74, 6) is -0.562. The molecule has 1 aliphatic rings. The third-order valence-electron chi connectivity index (χ3n) is 4.06. The Bertz CT molecular complexity index is 502. The van der Waals surface area contributed by atoms with E-state index in [0.29, 0.717) is 5.69 Å². The van der Waals surface area contributed by atoms with Gasteiger partial charge in [0.1, 0.15) is 5.82 Å². The van der Waals surface area contributed by atoms with Gasteiger partial charge in [-0.2, -0.15) is 0 Å². The first-order valence-corrected chi connectivity index (χ1v) is 7.48. The topological polar surface area (TPSA) is 72.4 Å². The van der Waals surface area contributed by atoms with Crippen LogP contribution in [0.2, 0.25) is 0 Å². The molecule has 1 aromatic rings. The molecule has 0 heterocycles. The SMILES string of the molecule is CCCN(c1cc(F)cc([N+](=O)[O-])c1)C1CCC(N)CC1. The monoisotopic (exact) mass is 295 g/mol. The van der Waals surface area contributed by atoms with Crippen molar-refractivity contribution in [1.82, 2.24) is 0 Å². The summed E-state index contributed by atoms with van der Waals surface area (Å²) in [5.41, 5.74) is 6.34. The molecule has 0 aromatic heterocycles. The quantitative estimate of drug-likeness (QED) is 0.668. The molecule has 2 rings (SSSR count). The van der Waals surface area contributed by atoms with E-state index in [1.165, 1.54) is 12.1 Å². The van der Waals surface area contributed by atoms with Crippen molar-refractivity contribution in [2.75, 3.05) is 11.4 Å². The number of nitro benzene ring substituents is 1. The molecule has 1 fully saturated rings. The average molecular weight is 295 g/mol. The fourth-order valence-electron chi connectivity index (χ4n) is 3.01. The Labute approximate surface area is 124 Å². The Kier molecular flexibility index (Phi) is 5.12. The number of nitrogens with two attached hydrogens (primary N) is 1. The van der Waals surface area contributed by atoms with Crippen LogP contribution in [0, 0.1) is 15.9 Å². The Hall–Kier alpha value is -1.69. The highest BCUT2D eigenvalue weighted by Gasteiger charge is 2.25. The smallest absolute Gasteiger partial charge is 0.274 e. The minimum atomic E-state index is -0.562. The number of halogens is 1. The standard InChI is InChI=1S/C15H22FN3O2/c1-2-7-18(13-5-3-12(17)4-6-13)14-8-11(16)9-15(10-14)19(20)21/h8-10,12-13H,2-7,17H2,1H3. The number of non-ortho nitro benzene ring substituents is 1. The zero-order valence-electron chi connectivity index (χ0n) is 12.3. The first kappa shape index (κ1) is 15.7. The lowest BCUT2D eigenvalue weighted by atomic mass is 9.90. The van der Waals surface area contributed by atoms with Crippen molar-refractivity contribution in [3.8, 4) is 0 Å². The number of nitrogens with zero attached hydrogens (tertiary/aromatic N) is 2. The van der Waals surface area contributed by atoms with Crippen molar-refractivity contribution in [2.45, 2.75) is 51.1 Å². The summed E-state index contributed by atoms with van der Waals surface area (Å²) in [5, 5.41) is 10.9. The molecule has 1 saturated carbocycles. The molecule has 1 aromatic carbocycles. The predicted octanol–water partition coefficient (Wildman–Crippen LogP) is 3.22. The average Bonchev–Trinajstić information content (AvgIpc) is 2.45. The minimum absolute atomic E-state index is 0.196. The molecule has 0 amide bonds. The van der Waals surface area contributed by atoms with Crippen molar-refractivity contribution in [2.24, 2.45) is 5.73 Å². The molecule has 0 aliphatic heterocycles. The predicted molar refractivity (Wildman–Crippen MR) is 80.9 cm³/mol. The van der Waals surface area contributed by atoms with Gasteiger partial charge in [0.2, 0.25) is 0 Å². The first-order valence-electron chi connectivity index (χ1n) is 7.48. The zero-order chi connectivity index (χ0) is 15.4. The number of benzene rings is 1. The third-order valence-corrected chi connectivity index (χ3v) is 4.06. The van der Waals surface area contributed by atoms with Crippen LogP contribution in [0.25, 0.3) is 0 Å². The molecule has 0 unspecified atom stereocenters. The normalized spacial score (nSPS) is 22.0. The van der Waals surface area contributed by atoms with Crippen LogP contribution in [-0.2, 0) is 0 Å². The van der Waals surface area contributed by atoms with Gasteiger partial charge in [0, 0.05) is 30.4 Å². The van der Waals surface area contributed by atoms with E-state index in [9.17, 15) is 14.5 Å². The molecule has 0 bridgehead atoms. The van der Waals surface area contributed by atoms with Crippen LogP contribution < -0.4 is 10.6 Å². The van der Waals surface area contributed by atoms with Gasteiger partial charge in [-0.3, -0.25) is 10.1 Å². The van der Waals surface area contributed by atoms with E-state index in [1.807, 2.05) is 0 Å². The number of nitro groups is 1. The molecule has 6 heteroatoms. The lowest BCUT2D eigenvalue weighted by Gasteiger charge is -2.37. The van der Waals surface area contributed by atoms with E-state index in [1.54, 1.807) is 0 Å². The molecule has 21 heavy (non-hydrogen) atoms. The molecular formula is C15H22FN3O2. The number of hydrogen-bond donors (Lipinski definition) is 1. The summed E-state index contributed by atoms with van der Waals surface area (Å²) in [6.45, 7) is 2.82. The molecule has 0 radical (unpaired) electrons. The molecular weight excluding hydrogens is 273 g/mol. The van der Waals surface area contributed by atoms with Gasteiger partial charge < -0.3 is 10.6 Å². The first-order chi connectivity index (χ1) is 10.0. The zero-order valence-corrected chi connectivity index (χ0v) is 12.3. The molecule has 0 atom stereocenters. The van der Waals surface area contributed by atoms with Crippen molar-refractivity contribution in [3.05, 3.63) is 34.1 Å². The van der Waals surface area contributed by atoms with Gasteiger partial charge >= 0.3 is 0 Å². The summed E-state index contributed by atoms with van der Waals surface area (Å²) in [6.07, 6.45) is 4.70. The molecule has 2 N–H and O–H groups in total. The largest absolute Gasteiger partial charge is 0.368 e. The van der Waals surface area contributed by atoms with Crippen LogP contribution in [0.15, 0.2) is 18.2 Å². The van der Waals surface area contributed by atoms with Crippen molar-refractivity contribution in [1.29, 1.82) is 0 Å². The Morgan fingerprint density at radius 3 is 2.57 bits per heavy atom. The van der Waals surface area contributed by atoms with Gasteiger partial charge in [0.05, 0.1) is 11.0 Å². The maximum absolute atomic E-state index is 13.7. The van der Waals surface area contributed by atoms with Crippen LogP contribution in [-0.4, -0.2) is 23.6 Å². The summed E-state index contributed by atoms with van der Waals surface area (Å²) in [7, 11) is 0. The third kappa shape index (κ3) is 3.91. The van der Waals surface area contributed by atoms with E-state index < -0.39 is 10.7 Å². The Morgan fingerprint density at radius 1 is 1.33 bits per heavy atom. The van der Waals surface area contributed by atoms with Crippen molar-refractivity contribution >= 4 is 11.4 Å². The van der Waals surface area contributed by atoms with Gasteiger partial charge in [0.25, 0.3) is 5.69 Å². The number of hydrogen-bond acceptors (Lipinski definition) is 4. The van der Waals surface area contributed by atoms with Gasteiger partial charge in [-0.05, 0) is 38.2 Å². The van der Waals surface area contributed by atoms with Gasteiger partial charge in [0.15, 0.2) is 0 Å². The summed E-state index contributed by atoms with van der Waals surface area (Å²) >= 11 is 0. The van der Waals surface area contributed by atoms with E-state index in [-0.39, 0.29) is 17.8 Å². The second kappa shape index (κ2) is 6.85. The number of rotatable bonds is 5. The van der Waals surface area contributed by atoms with Crippen LogP contribution in [0.1, 0.15) is 39.0 Å². The van der Waals surface area contributed by atoms with E-state index in [0.717, 1.165) is 44.7 Å².